The average molecular weight is 445 g/mol. The van der Waals surface area contributed by atoms with Gasteiger partial charge in [-0.05, 0) is 49.2 Å². The molecule has 0 aliphatic carbocycles. The highest BCUT2D eigenvalue weighted by Gasteiger charge is 2.20. The summed E-state index contributed by atoms with van der Waals surface area (Å²) in [4.78, 5) is 24.7. The van der Waals surface area contributed by atoms with Gasteiger partial charge in [-0.25, -0.2) is 8.42 Å². The van der Waals surface area contributed by atoms with Crippen molar-refractivity contribution < 1.29 is 18.0 Å². The van der Waals surface area contributed by atoms with Crippen molar-refractivity contribution in [2.24, 2.45) is 11.8 Å². The molecular weight excluding hydrogens is 412 g/mol. The number of carbonyl (C=O) groups excluding carboxylic acids is 2. The molecule has 0 bridgehead atoms. The van der Waals surface area contributed by atoms with Gasteiger partial charge in [0, 0.05) is 23.2 Å². The summed E-state index contributed by atoms with van der Waals surface area (Å²) in [7, 11) is -3.82. The highest BCUT2D eigenvalue weighted by molar-refractivity contribution is 7.91. The summed E-state index contributed by atoms with van der Waals surface area (Å²) in [6, 6.07) is 12.4. The first kappa shape index (κ1) is 24.6. The molecule has 2 unspecified atom stereocenters. The van der Waals surface area contributed by atoms with Crippen molar-refractivity contribution in [2.45, 2.75) is 63.2 Å². The van der Waals surface area contributed by atoms with Crippen molar-refractivity contribution >= 4 is 33.0 Å². The van der Waals surface area contributed by atoms with E-state index in [2.05, 4.69) is 10.6 Å². The Labute approximate surface area is 185 Å². The SMILES string of the molecule is CCCC(C)C(=O)Nc1cccc(S(=O)(=O)c2cccc(NC(=O)C(C)CCC)c2)c1. The van der Waals surface area contributed by atoms with Crippen LogP contribution < -0.4 is 10.6 Å². The van der Waals surface area contributed by atoms with Crippen LogP contribution in [0.2, 0.25) is 0 Å². The van der Waals surface area contributed by atoms with Crippen molar-refractivity contribution in [2.75, 3.05) is 10.6 Å². The Kier molecular flexibility index (Phi) is 8.80. The molecule has 2 rings (SSSR count). The molecule has 0 aliphatic rings. The van der Waals surface area contributed by atoms with Gasteiger partial charge in [0.2, 0.25) is 21.7 Å². The molecule has 0 heterocycles. The molecule has 0 radical (unpaired) electrons. The number of sulfone groups is 1. The lowest BCUT2D eigenvalue weighted by Crippen LogP contribution is -2.20. The average Bonchev–Trinajstić information content (AvgIpc) is 2.74. The second kappa shape index (κ2) is 11.1. The Morgan fingerprint density at radius 3 is 1.52 bits per heavy atom. The molecule has 0 aromatic heterocycles. The van der Waals surface area contributed by atoms with Crippen LogP contribution in [0.1, 0.15) is 53.4 Å². The summed E-state index contributed by atoms with van der Waals surface area (Å²) in [5.41, 5.74) is 0.874. The van der Waals surface area contributed by atoms with E-state index in [1.54, 1.807) is 24.3 Å². The van der Waals surface area contributed by atoms with Crippen LogP contribution in [0.3, 0.4) is 0 Å². The van der Waals surface area contributed by atoms with Crippen molar-refractivity contribution in [3.8, 4) is 0 Å². The number of anilines is 2. The number of benzene rings is 2. The summed E-state index contributed by atoms with van der Waals surface area (Å²) in [6.07, 6.45) is 3.32. The van der Waals surface area contributed by atoms with Crippen LogP contribution in [0.4, 0.5) is 11.4 Å². The lowest BCUT2D eigenvalue weighted by atomic mass is 10.1. The highest BCUT2D eigenvalue weighted by atomic mass is 32.2. The van der Waals surface area contributed by atoms with E-state index in [1.807, 2.05) is 27.7 Å². The molecule has 31 heavy (non-hydrogen) atoms. The zero-order valence-electron chi connectivity index (χ0n) is 18.6. The van der Waals surface area contributed by atoms with Gasteiger partial charge in [-0.1, -0.05) is 52.7 Å². The van der Waals surface area contributed by atoms with E-state index in [0.717, 1.165) is 25.7 Å². The molecule has 7 heteroatoms. The molecule has 0 saturated carbocycles. The van der Waals surface area contributed by atoms with Crippen LogP contribution in [0, 0.1) is 11.8 Å². The summed E-state index contributed by atoms with van der Waals surface area (Å²) >= 11 is 0. The molecule has 0 saturated heterocycles. The zero-order valence-corrected chi connectivity index (χ0v) is 19.5. The molecule has 0 spiro atoms. The topological polar surface area (TPSA) is 92.3 Å². The van der Waals surface area contributed by atoms with Crippen LogP contribution in [0.5, 0.6) is 0 Å². The minimum atomic E-state index is -3.82. The number of carbonyl (C=O) groups is 2. The fourth-order valence-corrected chi connectivity index (χ4v) is 4.63. The van der Waals surface area contributed by atoms with Gasteiger partial charge in [-0.15, -0.1) is 0 Å². The molecular formula is C24H32N2O4S. The molecule has 6 nitrogen and oxygen atoms in total. The van der Waals surface area contributed by atoms with Gasteiger partial charge in [0.05, 0.1) is 9.79 Å². The smallest absolute Gasteiger partial charge is 0.227 e. The summed E-state index contributed by atoms with van der Waals surface area (Å²) in [5, 5.41) is 5.58. The quantitative estimate of drug-likeness (QED) is 0.522. The molecule has 2 N–H and O–H groups in total. The molecule has 168 valence electrons. The van der Waals surface area contributed by atoms with Crippen LogP contribution in [-0.2, 0) is 19.4 Å². The Morgan fingerprint density at radius 1 is 0.774 bits per heavy atom. The lowest BCUT2D eigenvalue weighted by molar-refractivity contribution is -0.120. The first-order valence-corrected chi connectivity index (χ1v) is 12.2. The van der Waals surface area contributed by atoms with Crippen LogP contribution in [0.25, 0.3) is 0 Å². The van der Waals surface area contributed by atoms with E-state index in [0.29, 0.717) is 11.4 Å². The van der Waals surface area contributed by atoms with Gasteiger partial charge < -0.3 is 10.6 Å². The Bertz CT molecular complexity index is 942. The Balaban J connectivity index is 2.24. The van der Waals surface area contributed by atoms with E-state index >= 15 is 0 Å². The highest BCUT2D eigenvalue weighted by Crippen LogP contribution is 2.26. The van der Waals surface area contributed by atoms with E-state index in [-0.39, 0.29) is 33.4 Å². The predicted octanol–water partition coefficient (Wildman–Crippen LogP) is 5.27. The monoisotopic (exact) mass is 444 g/mol. The maximum absolute atomic E-state index is 13.2. The first-order valence-electron chi connectivity index (χ1n) is 10.8. The van der Waals surface area contributed by atoms with E-state index in [9.17, 15) is 18.0 Å². The molecule has 2 aromatic rings. The van der Waals surface area contributed by atoms with E-state index in [4.69, 9.17) is 0 Å². The molecule has 2 atom stereocenters. The third-order valence-electron chi connectivity index (χ3n) is 5.16. The van der Waals surface area contributed by atoms with E-state index in [1.165, 1.54) is 24.3 Å². The van der Waals surface area contributed by atoms with Gasteiger partial charge in [-0.3, -0.25) is 9.59 Å². The minimum absolute atomic E-state index is 0.0799. The third-order valence-corrected chi connectivity index (χ3v) is 6.91. The predicted molar refractivity (Wildman–Crippen MR) is 124 cm³/mol. The number of rotatable bonds is 10. The summed E-state index contributed by atoms with van der Waals surface area (Å²) < 4.78 is 26.3. The molecule has 0 aliphatic heterocycles. The van der Waals surface area contributed by atoms with E-state index < -0.39 is 9.84 Å². The normalized spacial score (nSPS) is 13.3. The molecule has 0 fully saturated rings. The fourth-order valence-electron chi connectivity index (χ4n) is 3.28. The third kappa shape index (κ3) is 6.66. The van der Waals surface area contributed by atoms with Gasteiger partial charge in [0.1, 0.15) is 0 Å². The van der Waals surface area contributed by atoms with Gasteiger partial charge in [-0.2, -0.15) is 0 Å². The second-order valence-corrected chi connectivity index (χ2v) is 9.87. The van der Waals surface area contributed by atoms with Crippen molar-refractivity contribution in [1.29, 1.82) is 0 Å². The Morgan fingerprint density at radius 2 is 1.16 bits per heavy atom. The van der Waals surface area contributed by atoms with Crippen LogP contribution in [0.15, 0.2) is 58.3 Å². The zero-order chi connectivity index (χ0) is 23.0. The minimum Gasteiger partial charge on any atom is -0.326 e. The first-order chi connectivity index (χ1) is 14.7. The fraction of sp³-hybridized carbons (Fsp3) is 0.417. The summed E-state index contributed by atoms with van der Waals surface area (Å²) in [5.74, 6) is -0.578. The van der Waals surface area contributed by atoms with Crippen molar-refractivity contribution in [3.63, 3.8) is 0 Å². The van der Waals surface area contributed by atoms with Gasteiger partial charge >= 0.3 is 0 Å². The van der Waals surface area contributed by atoms with Crippen molar-refractivity contribution in [3.05, 3.63) is 48.5 Å². The summed E-state index contributed by atoms with van der Waals surface area (Å²) in [6.45, 7) is 7.72. The van der Waals surface area contributed by atoms with Crippen LogP contribution in [-0.4, -0.2) is 20.2 Å². The van der Waals surface area contributed by atoms with Gasteiger partial charge in [0.25, 0.3) is 0 Å². The second-order valence-electron chi connectivity index (χ2n) is 7.92. The lowest BCUT2D eigenvalue weighted by Gasteiger charge is -2.13. The largest absolute Gasteiger partial charge is 0.326 e. The van der Waals surface area contributed by atoms with Crippen molar-refractivity contribution in [1.82, 2.24) is 0 Å². The number of hydrogen-bond acceptors (Lipinski definition) is 4. The number of nitrogens with one attached hydrogen (secondary N) is 2. The maximum Gasteiger partial charge on any atom is 0.227 e. The molecule has 2 aromatic carbocycles. The Hall–Kier alpha value is -2.67. The standard InChI is InChI=1S/C24H32N2O4S/c1-5-9-17(3)23(27)25-19-11-7-13-21(15-19)31(29,30)22-14-8-12-20(16-22)26-24(28)18(4)10-6-2/h7-8,11-18H,5-6,9-10H2,1-4H3,(H,25,27)(H,26,28). The van der Waals surface area contributed by atoms with Gasteiger partial charge in [0.15, 0.2) is 0 Å². The number of hydrogen-bond donors (Lipinski definition) is 2. The van der Waals surface area contributed by atoms with Crippen LogP contribution >= 0.6 is 0 Å². The number of amides is 2. The maximum atomic E-state index is 13.2. The molecule has 2 amide bonds.